The molecule has 7 nitrogen and oxygen atoms in total. The second kappa shape index (κ2) is 8.35. The number of para-hydroxylation sites is 1. The van der Waals surface area contributed by atoms with Crippen LogP contribution in [0, 0.1) is 0 Å². The lowest BCUT2D eigenvalue weighted by Gasteiger charge is -2.16. The third-order valence-corrected chi connectivity index (χ3v) is 6.02. The van der Waals surface area contributed by atoms with Gasteiger partial charge in [0.2, 0.25) is 0 Å². The predicted octanol–water partition coefficient (Wildman–Crippen LogP) is 2.90. The van der Waals surface area contributed by atoms with Gasteiger partial charge >= 0.3 is 0 Å². The zero-order chi connectivity index (χ0) is 21.2. The zero-order valence-corrected chi connectivity index (χ0v) is 17.3. The molecule has 1 fully saturated rings. The number of hydrogen-bond donors (Lipinski definition) is 2. The monoisotopic (exact) mass is 415 g/mol. The number of carbonyl (C=O) groups is 1. The van der Waals surface area contributed by atoms with Crippen molar-refractivity contribution in [2.75, 3.05) is 19.6 Å². The number of benzene rings is 2. The fraction of sp³-hybridized carbons (Fsp3) is 0.292. The molecule has 2 N–H and O–H groups in total. The van der Waals surface area contributed by atoms with Crippen LogP contribution in [0.15, 0.2) is 59.5 Å². The summed E-state index contributed by atoms with van der Waals surface area (Å²) in [4.78, 5) is 31.3. The Bertz CT molecular complexity index is 1300. The van der Waals surface area contributed by atoms with E-state index in [9.17, 15) is 9.59 Å². The Morgan fingerprint density at radius 2 is 1.68 bits per heavy atom. The first-order valence-electron chi connectivity index (χ1n) is 10.8. The van der Waals surface area contributed by atoms with Crippen LogP contribution in [0.2, 0.25) is 0 Å². The zero-order valence-electron chi connectivity index (χ0n) is 17.3. The van der Waals surface area contributed by atoms with E-state index in [1.807, 2.05) is 48.5 Å². The van der Waals surface area contributed by atoms with Crippen molar-refractivity contribution >= 4 is 27.6 Å². The van der Waals surface area contributed by atoms with Crippen LogP contribution in [-0.2, 0) is 13.1 Å². The van der Waals surface area contributed by atoms with Crippen LogP contribution >= 0.6 is 0 Å². The lowest BCUT2D eigenvalue weighted by Crippen LogP contribution is -2.32. The maximum Gasteiger partial charge on any atom is 0.274 e. The van der Waals surface area contributed by atoms with Crippen LogP contribution < -0.4 is 10.9 Å². The van der Waals surface area contributed by atoms with Crippen molar-refractivity contribution < 1.29 is 4.79 Å². The highest BCUT2D eigenvalue weighted by Gasteiger charge is 2.16. The van der Waals surface area contributed by atoms with Crippen LogP contribution in [0.5, 0.6) is 0 Å². The Kier molecular flexibility index (Phi) is 5.26. The van der Waals surface area contributed by atoms with Crippen molar-refractivity contribution in [3.05, 3.63) is 76.3 Å². The number of carbonyl (C=O) groups excluding carboxylic acids is 1. The van der Waals surface area contributed by atoms with Crippen LogP contribution in [-0.4, -0.2) is 45.2 Å². The van der Waals surface area contributed by atoms with Gasteiger partial charge in [0.25, 0.3) is 11.5 Å². The lowest BCUT2D eigenvalue weighted by atomic mass is 10.1. The van der Waals surface area contributed by atoms with Gasteiger partial charge in [0, 0.05) is 29.0 Å². The molecule has 0 atom stereocenters. The van der Waals surface area contributed by atoms with Crippen LogP contribution in [0.4, 0.5) is 0 Å². The summed E-state index contributed by atoms with van der Waals surface area (Å²) in [6, 6.07) is 15.2. The molecule has 1 aliphatic rings. The molecule has 0 spiro atoms. The maximum atomic E-state index is 12.9. The van der Waals surface area contributed by atoms with Gasteiger partial charge in [-0.15, -0.1) is 0 Å². The van der Waals surface area contributed by atoms with E-state index in [0.717, 1.165) is 35.9 Å². The van der Waals surface area contributed by atoms with Crippen molar-refractivity contribution in [2.24, 2.45) is 0 Å². The number of aromatic amines is 1. The molecule has 0 bridgehead atoms. The third-order valence-electron chi connectivity index (χ3n) is 6.02. The molecule has 0 saturated carbocycles. The first-order chi connectivity index (χ1) is 15.2. The second-order valence-corrected chi connectivity index (χ2v) is 8.00. The molecule has 1 saturated heterocycles. The Morgan fingerprint density at radius 3 is 2.48 bits per heavy atom. The number of rotatable bonds is 6. The highest BCUT2D eigenvalue weighted by atomic mass is 16.1. The Morgan fingerprint density at radius 1 is 0.968 bits per heavy atom. The van der Waals surface area contributed by atoms with Gasteiger partial charge in [-0.25, -0.2) is 4.68 Å². The van der Waals surface area contributed by atoms with Crippen molar-refractivity contribution in [1.29, 1.82) is 0 Å². The number of amides is 1. The first kappa shape index (κ1) is 19.5. The Hall–Kier alpha value is -3.45. The van der Waals surface area contributed by atoms with Crippen LogP contribution in [0.1, 0.15) is 28.9 Å². The molecule has 7 heteroatoms. The molecule has 0 unspecified atom stereocenters. The van der Waals surface area contributed by atoms with Crippen molar-refractivity contribution in [1.82, 2.24) is 25.0 Å². The fourth-order valence-corrected chi connectivity index (χ4v) is 4.35. The number of fused-ring (bicyclic) bond motifs is 2. The molecule has 0 radical (unpaired) electrons. The van der Waals surface area contributed by atoms with Crippen LogP contribution in [0.3, 0.4) is 0 Å². The number of nitrogens with one attached hydrogen (secondary N) is 2. The number of aromatic nitrogens is 3. The molecule has 4 aromatic rings. The average Bonchev–Trinajstić information content (AvgIpc) is 3.48. The third kappa shape index (κ3) is 3.84. The minimum atomic E-state index is -0.168. The van der Waals surface area contributed by atoms with Gasteiger partial charge in [-0.05, 0) is 38.1 Å². The molecule has 158 valence electrons. The van der Waals surface area contributed by atoms with Crippen molar-refractivity contribution in [2.45, 2.75) is 25.9 Å². The highest BCUT2D eigenvalue weighted by molar-refractivity contribution is 6.06. The summed E-state index contributed by atoms with van der Waals surface area (Å²) in [5, 5.41) is 9.91. The summed E-state index contributed by atoms with van der Waals surface area (Å²) in [5.74, 6) is -0.168. The summed E-state index contributed by atoms with van der Waals surface area (Å²) in [6.45, 7) is 3.77. The normalized spacial score (nSPS) is 14.5. The SMILES string of the molecule is O=C(NCc1nn(CCN2CCCC2)c(=O)c2ccccc12)c1c[nH]c2ccccc12. The smallest absolute Gasteiger partial charge is 0.274 e. The van der Waals surface area contributed by atoms with Gasteiger partial charge in [0.1, 0.15) is 0 Å². The highest BCUT2D eigenvalue weighted by Crippen LogP contribution is 2.18. The summed E-state index contributed by atoms with van der Waals surface area (Å²) in [6.07, 6.45) is 4.15. The van der Waals surface area contributed by atoms with Gasteiger partial charge in [0.05, 0.1) is 29.7 Å². The number of likely N-dealkylation sites (tertiary alicyclic amines) is 1. The van der Waals surface area contributed by atoms with Crippen LogP contribution in [0.25, 0.3) is 21.7 Å². The summed E-state index contributed by atoms with van der Waals surface area (Å²) < 4.78 is 1.55. The molecular weight excluding hydrogens is 390 g/mol. The minimum absolute atomic E-state index is 0.0819. The topological polar surface area (TPSA) is 83.0 Å². The second-order valence-electron chi connectivity index (χ2n) is 8.00. The predicted molar refractivity (Wildman–Crippen MR) is 121 cm³/mol. The largest absolute Gasteiger partial charge is 0.360 e. The lowest BCUT2D eigenvalue weighted by molar-refractivity contribution is 0.0952. The van der Waals surface area contributed by atoms with E-state index in [0.29, 0.717) is 23.2 Å². The quantitative estimate of drug-likeness (QED) is 0.507. The summed E-state index contributed by atoms with van der Waals surface area (Å²) in [7, 11) is 0. The van der Waals surface area contributed by atoms with Gasteiger partial charge in [0.15, 0.2) is 0 Å². The fourth-order valence-electron chi connectivity index (χ4n) is 4.35. The van der Waals surface area contributed by atoms with E-state index in [1.54, 1.807) is 10.9 Å². The molecule has 2 aromatic heterocycles. The van der Waals surface area contributed by atoms with E-state index in [1.165, 1.54) is 12.8 Å². The maximum absolute atomic E-state index is 12.9. The van der Waals surface area contributed by atoms with E-state index < -0.39 is 0 Å². The van der Waals surface area contributed by atoms with Gasteiger partial charge in [-0.2, -0.15) is 5.10 Å². The standard InChI is InChI=1S/C24H25N5O2/c30-23(20-15-25-21-10-4-3-8-18(20)21)26-16-22-17-7-1-2-9-19(17)24(31)29(27-22)14-13-28-11-5-6-12-28/h1-4,7-10,15,25H,5-6,11-14,16H2,(H,26,30). The molecular formula is C24H25N5O2. The molecule has 2 aromatic carbocycles. The average molecular weight is 415 g/mol. The minimum Gasteiger partial charge on any atom is -0.360 e. The van der Waals surface area contributed by atoms with E-state index in [-0.39, 0.29) is 18.0 Å². The van der Waals surface area contributed by atoms with E-state index >= 15 is 0 Å². The molecule has 1 aliphatic heterocycles. The molecule has 5 rings (SSSR count). The van der Waals surface area contributed by atoms with Crippen molar-refractivity contribution in [3.8, 4) is 0 Å². The van der Waals surface area contributed by atoms with Gasteiger partial charge < -0.3 is 15.2 Å². The molecule has 3 heterocycles. The number of nitrogens with zero attached hydrogens (tertiary/aromatic N) is 3. The summed E-state index contributed by atoms with van der Waals surface area (Å²) >= 11 is 0. The molecule has 31 heavy (non-hydrogen) atoms. The summed E-state index contributed by atoms with van der Waals surface area (Å²) in [5.41, 5.74) is 2.14. The van der Waals surface area contributed by atoms with E-state index in [4.69, 9.17) is 0 Å². The Labute approximate surface area is 179 Å². The molecule has 1 amide bonds. The first-order valence-corrected chi connectivity index (χ1v) is 10.8. The Balaban J connectivity index is 1.41. The van der Waals surface area contributed by atoms with Gasteiger partial charge in [-0.1, -0.05) is 36.4 Å². The number of H-pyrrole nitrogens is 1. The van der Waals surface area contributed by atoms with E-state index in [2.05, 4.69) is 20.3 Å². The number of hydrogen-bond acceptors (Lipinski definition) is 4. The molecule has 0 aliphatic carbocycles. The van der Waals surface area contributed by atoms with Crippen molar-refractivity contribution in [3.63, 3.8) is 0 Å². The van der Waals surface area contributed by atoms with Gasteiger partial charge in [-0.3, -0.25) is 9.59 Å².